The fraction of sp³-hybridized carbons (Fsp3) is 0.429. The summed E-state index contributed by atoms with van der Waals surface area (Å²) in [6.07, 6.45) is 3.57. The quantitative estimate of drug-likeness (QED) is 0.361. The summed E-state index contributed by atoms with van der Waals surface area (Å²) in [6.45, 7) is 2.09. The molecule has 1 aliphatic heterocycles. The Balaban J connectivity index is 1.45. The van der Waals surface area contributed by atoms with Gasteiger partial charge in [0.1, 0.15) is 31.2 Å². The minimum Gasteiger partial charge on any atom is -0.493 e. The van der Waals surface area contributed by atoms with E-state index in [1.54, 1.807) is 18.0 Å². The molecule has 2 heterocycles. The van der Waals surface area contributed by atoms with Crippen LogP contribution in [-0.4, -0.2) is 96.4 Å². The van der Waals surface area contributed by atoms with Gasteiger partial charge >= 0.3 is 0 Å². The average Bonchev–Trinajstić information content (AvgIpc) is 3.40. The lowest BCUT2D eigenvalue weighted by Gasteiger charge is -2.33. The largest absolute Gasteiger partial charge is 0.493 e. The van der Waals surface area contributed by atoms with E-state index in [9.17, 15) is 18.7 Å². The third-order valence-electron chi connectivity index (χ3n) is 6.48. The van der Waals surface area contributed by atoms with Crippen LogP contribution in [0.4, 0.5) is 8.78 Å². The molecule has 0 radical (unpaired) electrons. The minimum atomic E-state index is -1.50. The van der Waals surface area contributed by atoms with Crippen LogP contribution in [0.1, 0.15) is 5.56 Å². The fourth-order valence-electron chi connectivity index (χ4n) is 4.55. The zero-order chi connectivity index (χ0) is 28.5. The maximum atomic E-state index is 13.7. The van der Waals surface area contributed by atoms with Crippen molar-refractivity contribution in [3.8, 4) is 17.2 Å². The standard InChI is InChI=1S/C28H34F2N4O6/c1-37-17-27(35)33-11-10-32(18-28(36,19-33)20-40-22-5-6-23(29)24(30)15-22)16-21-4-7-25(26(14-21)38-2)39-13-12-34-9-3-8-31-34/h3-9,14-15,36H,10-13,16-20H2,1-2H3/t28-/m1/s1. The van der Waals surface area contributed by atoms with Crippen LogP contribution in [0.2, 0.25) is 0 Å². The summed E-state index contributed by atoms with van der Waals surface area (Å²) >= 11 is 0. The van der Waals surface area contributed by atoms with Crippen molar-refractivity contribution in [1.29, 1.82) is 0 Å². The number of aromatic nitrogens is 2. The topological polar surface area (TPSA) is 98.5 Å². The second-order valence-electron chi connectivity index (χ2n) is 9.65. The van der Waals surface area contributed by atoms with E-state index in [1.807, 2.05) is 35.4 Å². The lowest BCUT2D eigenvalue weighted by molar-refractivity contribution is -0.138. The smallest absolute Gasteiger partial charge is 0.248 e. The highest BCUT2D eigenvalue weighted by Gasteiger charge is 2.37. The molecule has 10 nitrogen and oxygen atoms in total. The summed E-state index contributed by atoms with van der Waals surface area (Å²) in [6, 6.07) is 10.6. The van der Waals surface area contributed by atoms with E-state index in [-0.39, 0.29) is 38.0 Å². The molecule has 4 rings (SSSR count). The number of carbonyl (C=O) groups is 1. The second-order valence-corrected chi connectivity index (χ2v) is 9.65. The van der Waals surface area contributed by atoms with Crippen LogP contribution in [0.15, 0.2) is 54.9 Å². The predicted molar refractivity (Wildman–Crippen MR) is 141 cm³/mol. The zero-order valence-electron chi connectivity index (χ0n) is 22.6. The molecule has 1 N–H and O–H groups in total. The highest BCUT2D eigenvalue weighted by Crippen LogP contribution is 2.29. The molecule has 0 saturated carbocycles. The number of rotatable bonds is 12. The van der Waals surface area contributed by atoms with Gasteiger partial charge in [0, 0.05) is 51.7 Å². The van der Waals surface area contributed by atoms with Gasteiger partial charge in [0.05, 0.1) is 20.2 Å². The summed E-state index contributed by atoms with van der Waals surface area (Å²) in [4.78, 5) is 16.2. The van der Waals surface area contributed by atoms with Crippen LogP contribution < -0.4 is 14.2 Å². The molecule has 2 aromatic carbocycles. The molecular formula is C28H34F2N4O6. The molecule has 1 fully saturated rings. The van der Waals surface area contributed by atoms with Crippen LogP contribution in [0.5, 0.6) is 17.2 Å². The van der Waals surface area contributed by atoms with E-state index in [1.165, 1.54) is 18.1 Å². The lowest BCUT2D eigenvalue weighted by Crippen LogP contribution is -2.52. The molecule has 0 aliphatic carbocycles. The Morgan fingerprint density at radius 2 is 1.90 bits per heavy atom. The highest BCUT2D eigenvalue weighted by molar-refractivity contribution is 5.77. The zero-order valence-corrected chi connectivity index (χ0v) is 22.6. The Morgan fingerprint density at radius 3 is 2.62 bits per heavy atom. The van der Waals surface area contributed by atoms with Crippen molar-refractivity contribution in [1.82, 2.24) is 19.6 Å². The number of amides is 1. The Morgan fingerprint density at radius 1 is 1.05 bits per heavy atom. The maximum absolute atomic E-state index is 13.7. The summed E-state index contributed by atoms with van der Waals surface area (Å²) < 4.78 is 50.9. The summed E-state index contributed by atoms with van der Waals surface area (Å²) in [7, 11) is 3.00. The van der Waals surface area contributed by atoms with Crippen LogP contribution in [0.3, 0.4) is 0 Å². The van der Waals surface area contributed by atoms with Gasteiger partial charge in [0.2, 0.25) is 5.91 Å². The van der Waals surface area contributed by atoms with Gasteiger partial charge in [-0.1, -0.05) is 6.07 Å². The first-order chi connectivity index (χ1) is 19.3. The van der Waals surface area contributed by atoms with Gasteiger partial charge in [0.15, 0.2) is 23.1 Å². The molecule has 1 aromatic heterocycles. The van der Waals surface area contributed by atoms with Gasteiger partial charge in [-0.05, 0) is 35.9 Å². The second kappa shape index (κ2) is 13.6. The molecule has 0 bridgehead atoms. The van der Waals surface area contributed by atoms with Crippen molar-refractivity contribution in [3.63, 3.8) is 0 Å². The number of halogens is 2. The number of β-amino-alcohol motifs (C(OH)–C–C–N with tert-alkyl or cyclic N) is 1. The van der Waals surface area contributed by atoms with E-state index in [2.05, 4.69) is 5.10 Å². The van der Waals surface area contributed by atoms with E-state index < -0.39 is 17.2 Å². The molecule has 12 heteroatoms. The maximum Gasteiger partial charge on any atom is 0.248 e. The Hall–Kier alpha value is -3.74. The predicted octanol–water partition coefficient (Wildman–Crippen LogP) is 2.35. The molecule has 40 heavy (non-hydrogen) atoms. The van der Waals surface area contributed by atoms with E-state index in [4.69, 9.17) is 18.9 Å². The first-order valence-electron chi connectivity index (χ1n) is 12.8. The summed E-state index contributed by atoms with van der Waals surface area (Å²) in [5, 5.41) is 15.7. The van der Waals surface area contributed by atoms with Crippen LogP contribution in [0, 0.1) is 11.6 Å². The number of nitrogens with zero attached hydrogens (tertiary/aromatic N) is 4. The monoisotopic (exact) mass is 560 g/mol. The van der Waals surface area contributed by atoms with Crippen LogP contribution in [-0.2, 0) is 22.6 Å². The number of aliphatic hydroxyl groups is 1. The molecule has 1 aliphatic rings. The van der Waals surface area contributed by atoms with E-state index in [0.29, 0.717) is 44.3 Å². The third kappa shape index (κ3) is 7.90. The first kappa shape index (κ1) is 29.2. The van der Waals surface area contributed by atoms with Gasteiger partial charge < -0.3 is 29.0 Å². The van der Waals surface area contributed by atoms with Gasteiger partial charge in [0.25, 0.3) is 0 Å². The number of carbonyl (C=O) groups excluding carboxylic acids is 1. The van der Waals surface area contributed by atoms with Crippen molar-refractivity contribution in [2.45, 2.75) is 18.7 Å². The number of hydrogen-bond acceptors (Lipinski definition) is 8. The molecule has 1 amide bonds. The highest BCUT2D eigenvalue weighted by atomic mass is 19.2. The van der Waals surface area contributed by atoms with Gasteiger partial charge in [-0.3, -0.25) is 14.4 Å². The average molecular weight is 561 g/mol. The Labute approximate surface area is 231 Å². The molecule has 1 saturated heterocycles. The van der Waals surface area contributed by atoms with Crippen molar-refractivity contribution in [3.05, 3.63) is 72.1 Å². The normalized spacial score (nSPS) is 17.9. The molecule has 3 aromatic rings. The van der Waals surface area contributed by atoms with Crippen molar-refractivity contribution in [2.24, 2.45) is 0 Å². The SMILES string of the molecule is COCC(=O)N1CCN(Cc2ccc(OCCn3cccn3)c(OC)c2)C[C@](O)(COc2ccc(F)c(F)c2)C1. The Kier molecular flexibility index (Phi) is 9.91. The van der Waals surface area contributed by atoms with Gasteiger partial charge in [-0.15, -0.1) is 0 Å². The summed E-state index contributed by atoms with van der Waals surface area (Å²) in [5.41, 5.74) is -0.582. The van der Waals surface area contributed by atoms with Crippen molar-refractivity contribution >= 4 is 5.91 Å². The molecule has 1 atom stereocenters. The number of ether oxygens (including phenoxy) is 4. The summed E-state index contributed by atoms with van der Waals surface area (Å²) in [5.74, 6) is -1.07. The molecule has 216 valence electrons. The van der Waals surface area contributed by atoms with Crippen LogP contribution >= 0.6 is 0 Å². The first-order valence-corrected chi connectivity index (χ1v) is 12.8. The van der Waals surface area contributed by atoms with Gasteiger partial charge in [-0.2, -0.15) is 5.10 Å². The third-order valence-corrected chi connectivity index (χ3v) is 6.48. The molecule has 0 spiro atoms. The van der Waals surface area contributed by atoms with E-state index >= 15 is 0 Å². The van der Waals surface area contributed by atoms with E-state index in [0.717, 1.165) is 17.7 Å². The molecular weight excluding hydrogens is 526 g/mol. The fourth-order valence-corrected chi connectivity index (χ4v) is 4.55. The number of methoxy groups -OCH3 is 2. The van der Waals surface area contributed by atoms with Crippen LogP contribution in [0.25, 0.3) is 0 Å². The van der Waals surface area contributed by atoms with Crippen molar-refractivity contribution in [2.75, 3.05) is 60.2 Å². The Bertz CT molecular complexity index is 1260. The lowest BCUT2D eigenvalue weighted by atomic mass is 10.0. The van der Waals surface area contributed by atoms with Crippen molar-refractivity contribution < 1.29 is 37.6 Å². The minimum absolute atomic E-state index is 0.0122. The molecule has 0 unspecified atom stereocenters. The number of benzene rings is 2. The number of hydrogen-bond donors (Lipinski definition) is 1. The van der Waals surface area contributed by atoms with Gasteiger partial charge in [-0.25, -0.2) is 8.78 Å².